The summed E-state index contributed by atoms with van der Waals surface area (Å²) in [6, 6.07) is 13.6. The number of carbonyl (C=O) groups excluding carboxylic acids is 2. The van der Waals surface area contributed by atoms with Gasteiger partial charge in [-0.05, 0) is 37.5 Å². The molecule has 2 aromatic rings. The molecular formula is C24H32FN3O4S. The van der Waals surface area contributed by atoms with E-state index in [0.29, 0.717) is 6.42 Å². The summed E-state index contributed by atoms with van der Waals surface area (Å²) >= 11 is 0. The zero-order valence-corrected chi connectivity index (χ0v) is 20.3. The zero-order valence-electron chi connectivity index (χ0n) is 19.5. The van der Waals surface area contributed by atoms with Crippen molar-refractivity contribution >= 4 is 27.5 Å². The molecule has 1 N–H and O–H groups in total. The Balaban J connectivity index is 2.42. The predicted molar refractivity (Wildman–Crippen MR) is 128 cm³/mol. The van der Waals surface area contributed by atoms with Crippen LogP contribution < -0.4 is 9.62 Å². The van der Waals surface area contributed by atoms with Crippen LogP contribution in [0.4, 0.5) is 10.1 Å². The number of nitrogens with one attached hydrogen (secondary N) is 1. The lowest BCUT2D eigenvalue weighted by Crippen LogP contribution is -2.53. The third-order valence-electron chi connectivity index (χ3n) is 5.38. The van der Waals surface area contributed by atoms with Crippen molar-refractivity contribution in [1.82, 2.24) is 10.2 Å². The number of benzene rings is 2. The lowest BCUT2D eigenvalue weighted by atomic mass is 10.1. The average Bonchev–Trinajstić information content (AvgIpc) is 2.77. The van der Waals surface area contributed by atoms with E-state index >= 15 is 0 Å². The number of amides is 2. The monoisotopic (exact) mass is 477 g/mol. The van der Waals surface area contributed by atoms with Gasteiger partial charge in [-0.3, -0.25) is 13.9 Å². The number of hydrogen-bond donors (Lipinski definition) is 1. The number of carbonyl (C=O) groups is 2. The van der Waals surface area contributed by atoms with Gasteiger partial charge in [0, 0.05) is 12.6 Å². The van der Waals surface area contributed by atoms with Crippen LogP contribution in [0, 0.1) is 5.82 Å². The lowest BCUT2D eigenvalue weighted by Gasteiger charge is -2.33. The number of nitrogens with zero attached hydrogens (tertiary/aromatic N) is 2. The standard InChI is InChI=1S/C24H32FN3O4S/c1-5-18(3)26-24(30)21(6-2)27(16-19-12-8-7-9-13-19)23(29)17-28(33(4,31)32)22-15-11-10-14-20(22)25/h7-15,18,21H,5-6,16-17H2,1-4H3,(H,26,30)/t18-,21-/m1/s1. The summed E-state index contributed by atoms with van der Waals surface area (Å²) in [6.45, 7) is 5.09. The van der Waals surface area contributed by atoms with Gasteiger partial charge < -0.3 is 10.2 Å². The highest BCUT2D eigenvalue weighted by molar-refractivity contribution is 7.92. The maximum Gasteiger partial charge on any atom is 0.244 e. The van der Waals surface area contributed by atoms with E-state index in [1.807, 2.05) is 44.2 Å². The van der Waals surface area contributed by atoms with Gasteiger partial charge in [-0.25, -0.2) is 12.8 Å². The van der Waals surface area contributed by atoms with Gasteiger partial charge in [0.25, 0.3) is 0 Å². The third kappa shape index (κ3) is 7.28. The number of anilines is 1. The molecular weight excluding hydrogens is 445 g/mol. The molecule has 0 aromatic heterocycles. The first kappa shape index (κ1) is 26.3. The molecule has 0 aliphatic heterocycles. The van der Waals surface area contributed by atoms with E-state index in [9.17, 15) is 22.4 Å². The largest absolute Gasteiger partial charge is 0.352 e. The first-order valence-electron chi connectivity index (χ1n) is 10.9. The first-order chi connectivity index (χ1) is 15.6. The molecule has 0 radical (unpaired) electrons. The smallest absolute Gasteiger partial charge is 0.244 e. The Hall–Kier alpha value is -2.94. The van der Waals surface area contributed by atoms with Crippen LogP contribution in [-0.2, 0) is 26.2 Å². The molecule has 0 saturated heterocycles. The van der Waals surface area contributed by atoms with Crippen molar-refractivity contribution in [3.05, 3.63) is 66.0 Å². The number of halogens is 1. The first-order valence-corrected chi connectivity index (χ1v) is 12.8. The van der Waals surface area contributed by atoms with E-state index in [0.717, 1.165) is 28.6 Å². The van der Waals surface area contributed by atoms with Crippen molar-refractivity contribution in [2.45, 2.75) is 52.2 Å². The van der Waals surface area contributed by atoms with Crippen LogP contribution in [0.25, 0.3) is 0 Å². The van der Waals surface area contributed by atoms with Gasteiger partial charge in [-0.2, -0.15) is 0 Å². The number of rotatable bonds is 11. The molecule has 9 heteroatoms. The van der Waals surface area contributed by atoms with E-state index in [1.165, 1.54) is 23.1 Å². The summed E-state index contributed by atoms with van der Waals surface area (Å²) in [5.41, 5.74) is 0.572. The maximum atomic E-state index is 14.4. The minimum absolute atomic E-state index is 0.0776. The Bertz CT molecular complexity index is 1050. The van der Waals surface area contributed by atoms with Crippen LogP contribution in [0.2, 0.25) is 0 Å². The molecule has 2 amide bonds. The Labute approximate surface area is 195 Å². The summed E-state index contributed by atoms with van der Waals surface area (Å²) in [4.78, 5) is 27.8. The Morgan fingerprint density at radius 3 is 2.15 bits per heavy atom. The van der Waals surface area contributed by atoms with E-state index < -0.39 is 34.3 Å². The van der Waals surface area contributed by atoms with Gasteiger partial charge in [0.05, 0.1) is 11.9 Å². The Morgan fingerprint density at radius 2 is 1.61 bits per heavy atom. The topological polar surface area (TPSA) is 86.8 Å². The van der Waals surface area contributed by atoms with E-state index in [1.54, 1.807) is 6.92 Å². The van der Waals surface area contributed by atoms with E-state index in [4.69, 9.17) is 0 Å². The fraction of sp³-hybridized carbons (Fsp3) is 0.417. The molecule has 2 atom stereocenters. The fourth-order valence-electron chi connectivity index (χ4n) is 3.39. The number of sulfonamides is 1. The van der Waals surface area contributed by atoms with Crippen LogP contribution in [0.1, 0.15) is 39.2 Å². The Kier molecular flexibility index (Phi) is 9.40. The van der Waals surface area contributed by atoms with Crippen molar-refractivity contribution in [2.24, 2.45) is 0 Å². The summed E-state index contributed by atoms with van der Waals surface area (Å²) < 4.78 is 40.1. The highest BCUT2D eigenvalue weighted by Crippen LogP contribution is 2.22. The molecule has 180 valence electrons. The summed E-state index contributed by atoms with van der Waals surface area (Å²) in [5.74, 6) is -1.67. The molecule has 0 spiro atoms. The molecule has 0 fully saturated rings. The van der Waals surface area contributed by atoms with Crippen LogP contribution in [0.3, 0.4) is 0 Å². The van der Waals surface area contributed by atoms with Gasteiger partial charge in [0.2, 0.25) is 21.8 Å². The summed E-state index contributed by atoms with van der Waals surface area (Å²) in [6.07, 6.45) is 1.98. The second-order valence-electron chi connectivity index (χ2n) is 7.97. The van der Waals surface area contributed by atoms with Crippen LogP contribution >= 0.6 is 0 Å². The van der Waals surface area contributed by atoms with Crippen molar-refractivity contribution in [2.75, 3.05) is 17.1 Å². The molecule has 0 heterocycles. The molecule has 2 aromatic carbocycles. The normalized spacial score (nSPS) is 13.1. The van der Waals surface area contributed by atoms with Gasteiger partial charge in [-0.15, -0.1) is 0 Å². The summed E-state index contributed by atoms with van der Waals surface area (Å²) in [7, 11) is -3.97. The van der Waals surface area contributed by atoms with E-state index in [2.05, 4.69) is 5.32 Å². The minimum Gasteiger partial charge on any atom is -0.352 e. The maximum absolute atomic E-state index is 14.4. The SMILES string of the molecule is CC[C@@H](C)NC(=O)[C@@H](CC)N(Cc1ccccc1)C(=O)CN(c1ccccc1F)S(C)(=O)=O. The quantitative estimate of drug-likeness (QED) is 0.538. The molecule has 7 nitrogen and oxygen atoms in total. The van der Waals surface area contributed by atoms with Gasteiger partial charge in [-0.1, -0.05) is 56.3 Å². The van der Waals surface area contributed by atoms with Crippen LogP contribution in [-0.4, -0.2) is 50.0 Å². The van der Waals surface area contributed by atoms with E-state index in [-0.39, 0.29) is 24.2 Å². The molecule has 33 heavy (non-hydrogen) atoms. The molecule has 2 rings (SSSR count). The van der Waals surface area contributed by atoms with Gasteiger partial charge in [0.1, 0.15) is 18.4 Å². The number of para-hydroxylation sites is 1. The molecule has 0 bridgehead atoms. The van der Waals surface area contributed by atoms with Crippen molar-refractivity contribution in [3.63, 3.8) is 0 Å². The number of hydrogen-bond acceptors (Lipinski definition) is 4. The fourth-order valence-corrected chi connectivity index (χ4v) is 4.24. The zero-order chi connectivity index (χ0) is 24.6. The molecule has 0 aliphatic rings. The lowest BCUT2D eigenvalue weighted by molar-refractivity contribution is -0.140. The second kappa shape index (κ2) is 11.8. The molecule has 0 saturated carbocycles. The highest BCUT2D eigenvalue weighted by atomic mass is 32.2. The molecule has 0 unspecified atom stereocenters. The van der Waals surface area contributed by atoms with Crippen LogP contribution in [0.5, 0.6) is 0 Å². The summed E-state index contributed by atoms with van der Waals surface area (Å²) in [5, 5.41) is 2.90. The predicted octanol–water partition coefficient (Wildman–Crippen LogP) is 3.31. The minimum atomic E-state index is -3.97. The average molecular weight is 478 g/mol. The van der Waals surface area contributed by atoms with Gasteiger partial charge in [0.15, 0.2) is 0 Å². The van der Waals surface area contributed by atoms with Crippen LogP contribution in [0.15, 0.2) is 54.6 Å². The van der Waals surface area contributed by atoms with Crippen molar-refractivity contribution < 1.29 is 22.4 Å². The molecule has 0 aliphatic carbocycles. The Morgan fingerprint density at radius 1 is 1.00 bits per heavy atom. The third-order valence-corrected chi connectivity index (χ3v) is 6.51. The van der Waals surface area contributed by atoms with Gasteiger partial charge >= 0.3 is 0 Å². The second-order valence-corrected chi connectivity index (χ2v) is 9.88. The van der Waals surface area contributed by atoms with Crippen molar-refractivity contribution in [3.8, 4) is 0 Å². The van der Waals surface area contributed by atoms with Crippen molar-refractivity contribution in [1.29, 1.82) is 0 Å². The highest BCUT2D eigenvalue weighted by Gasteiger charge is 2.32.